The molecule has 0 radical (unpaired) electrons. The van der Waals surface area contributed by atoms with Crippen LogP contribution in [-0.4, -0.2) is 44.3 Å². The Labute approximate surface area is 239 Å². The molecule has 8 heteroatoms. The van der Waals surface area contributed by atoms with E-state index in [0.29, 0.717) is 25.1 Å². The van der Waals surface area contributed by atoms with Gasteiger partial charge >= 0.3 is 0 Å². The van der Waals surface area contributed by atoms with Gasteiger partial charge in [-0.05, 0) is 62.4 Å². The minimum absolute atomic E-state index is 0.106. The van der Waals surface area contributed by atoms with Crippen LogP contribution in [0.15, 0.2) is 77.7 Å². The van der Waals surface area contributed by atoms with Crippen LogP contribution in [0.4, 0.5) is 5.69 Å². The van der Waals surface area contributed by atoms with E-state index >= 15 is 0 Å². The molecule has 3 aromatic carbocycles. The predicted molar refractivity (Wildman–Crippen MR) is 161 cm³/mol. The van der Waals surface area contributed by atoms with E-state index in [0.717, 1.165) is 28.7 Å². The molecule has 0 saturated heterocycles. The van der Waals surface area contributed by atoms with E-state index in [-0.39, 0.29) is 17.3 Å². The number of sulfonamides is 1. The molecule has 0 aliphatic carbocycles. The van der Waals surface area contributed by atoms with Crippen molar-refractivity contribution in [1.82, 2.24) is 10.2 Å². The largest absolute Gasteiger partial charge is 0.354 e. The van der Waals surface area contributed by atoms with E-state index in [9.17, 15) is 18.0 Å². The summed E-state index contributed by atoms with van der Waals surface area (Å²) in [5.41, 5.74) is 4.11. The van der Waals surface area contributed by atoms with E-state index < -0.39 is 28.5 Å². The highest BCUT2D eigenvalue weighted by Crippen LogP contribution is 2.28. The molecule has 0 unspecified atom stereocenters. The van der Waals surface area contributed by atoms with Crippen LogP contribution in [0.5, 0.6) is 0 Å². The highest BCUT2D eigenvalue weighted by Gasteiger charge is 2.34. The average molecular weight is 564 g/mol. The second-order valence-electron chi connectivity index (χ2n) is 10.0. The fourth-order valence-corrected chi connectivity index (χ4v) is 6.15. The molecule has 2 amide bonds. The third-order valence-electron chi connectivity index (χ3n) is 6.90. The number of carbonyl (C=O) groups is 2. The molecule has 7 nitrogen and oxygen atoms in total. The number of benzene rings is 3. The fourth-order valence-electron chi connectivity index (χ4n) is 4.70. The van der Waals surface area contributed by atoms with Gasteiger partial charge in [0.15, 0.2) is 0 Å². The minimum Gasteiger partial charge on any atom is -0.354 e. The summed E-state index contributed by atoms with van der Waals surface area (Å²) in [5.74, 6) is -0.686. The number of nitrogens with zero attached hydrogens (tertiary/aromatic N) is 2. The molecule has 0 aliphatic rings. The molecule has 0 heterocycles. The van der Waals surface area contributed by atoms with Crippen LogP contribution in [0.2, 0.25) is 0 Å². The molecule has 1 atom stereocenters. The Morgan fingerprint density at radius 2 is 1.57 bits per heavy atom. The lowest BCUT2D eigenvalue weighted by molar-refractivity contribution is -0.140. The van der Waals surface area contributed by atoms with Crippen LogP contribution in [-0.2, 0) is 32.6 Å². The molecular weight excluding hydrogens is 522 g/mol. The summed E-state index contributed by atoms with van der Waals surface area (Å²) in [7, 11) is -4.09. The minimum atomic E-state index is -4.09. The Kier molecular flexibility index (Phi) is 10.9. The van der Waals surface area contributed by atoms with Crippen molar-refractivity contribution in [2.24, 2.45) is 0 Å². The van der Waals surface area contributed by atoms with Gasteiger partial charge in [0.25, 0.3) is 10.0 Å². The topological polar surface area (TPSA) is 86.8 Å². The van der Waals surface area contributed by atoms with Gasteiger partial charge < -0.3 is 10.2 Å². The highest BCUT2D eigenvalue weighted by atomic mass is 32.2. The number of rotatable bonds is 13. The van der Waals surface area contributed by atoms with Crippen LogP contribution in [0.25, 0.3) is 0 Å². The van der Waals surface area contributed by atoms with Crippen molar-refractivity contribution in [1.29, 1.82) is 0 Å². The zero-order chi connectivity index (χ0) is 29.3. The maximum atomic E-state index is 14.2. The first-order valence-electron chi connectivity index (χ1n) is 13.9. The summed E-state index contributed by atoms with van der Waals surface area (Å²) < 4.78 is 29.3. The first kappa shape index (κ1) is 30.9. The first-order valence-corrected chi connectivity index (χ1v) is 15.4. The average Bonchev–Trinajstić information content (AvgIpc) is 2.94. The normalized spacial score (nSPS) is 12.0. The van der Waals surface area contributed by atoms with Gasteiger partial charge in [0.2, 0.25) is 11.8 Å². The number of aryl methyl sites for hydroxylation is 3. The molecule has 0 spiro atoms. The number of hydrogen-bond acceptors (Lipinski definition) is 4. The van der Waals surface area contributed by atoms with Crippen LogP contribution in [0.1, 0.15) is 55.9 Å². The molecule has 3 rings (SSSR count). The van der Waals surface area contributed by atoms with Crippen molar-refractivity contribution in [2.45, 2.75) is 71.4 Å². The Morgan fingerprint density at radius 1 is 0.875 bits per heavy atom. The molecule has 40 heavy (non-hydrogen) atoms. The number of hydrogen-bond donors (Lipinski definition) is 1. The van der Waals surface area contributed by atoms with Crippen LogP contribution in [0.3, 0.4) is 0 Å². The number of carbonyl (C=O) groups excluding carboxylic acids is 2. The highest BCUT2D eigenvalue weighted by molar-refractivity contribution is 7.92. The number of anilines is 1. The van der Waals surface area contributed by atoms with Gasteiger partial charge in [-0.3, -0.25) is 13.9 Å². The van der Waals surface area contributed by atoms with Gasteiger partial charge in [-0.1, -0.05) is 86.5 Å². The summed E-state index contributed by atoms with van der Waals surface area (Å²) in [6.45, 7) is 9.89. The Morgan fingerprint density at radius 3 is 2.20 bits per heavy atom. The first-order chi connectivity index (χ1) is 19.1. The fraction of sp³-hybridized carbons (Fsp3) is 0.375. The SMILES string of the molecule is CCCNC(=O)[C@H](CC)N(Cc1cccc(C)c1)C(=O)CN(c1ccccc1CC)S(=O)(=O)c1ccc(C)cc1. The molecular formula is C32H41N3O4S. The Hall–Kier alpha value is -3.65. The maximum absolute atomic E-state index is 14.2. The second kappa shape index (κ2) is 14.1. The van der Waals surface area contributed by atoms with E-state index in [2.05, 4.69) is 5.32 Å². The van der Waals surface area contributed by atoms with Gasteiger partial charge in [0, 0.05) is 13.1 Å². The Balaban J connectivity index is 2.09. The smallest absolute Gasteiger partial charge is 0.264 e. The molecule has 0 aliphatic heterocycles. The molecule has 0 bridgehead atoms. The van der Waals surface area contributed by atoms with Crippen molar-refractivity contribution >= 4 is 27.5 Å². The van der Waals surface area contributed by atoms with Crippen molar-refractivity contribution < 1.29 is 18.0 Å². The third kappa shape index (κ3) is 7.50. The van der Waals surface area contributed by atoms with Crippen molar-refractivity contribution in [3.05, 3.63) is 95.1 Å². The summed E-state index contributed by atoms with van der Waals surface area (Å²) >= 11 is 0. The van der Waals surface area contributed by atoms with Crippen LogP contribution < -0.4 is 9.62 Å². The third-order valence-corrected chi connectivity index (χ3v) is 8.67. The zero-order valence-electron chi connectivity index (χ0n) is 24.2. The molecule has 1 N–H and O–H groups in total. The molecule has 214 valence electrons. The molecule has 0 aromatic heterocycles. The van der Waals surface area contributed by atoms with Crippen molar-refractivity contribution in [3.8, 4) is 0 Å². The van der Waals surface area contributed by atoms with E-state index in [4.69, 9.17) is 0 Å². The summed E-state index contributed by atoms with van der Waals surface area (Å²) in [6, 6.07) is 20.9. The van der Waals surface area contributed by atoms with Gasteiger partial charge in [-0.25, -0.2) is 8.42 Å². The molecule has 0 saturated carbocycles. The van der Waals surface area contributed by atoms with Crippen LogP contribution in [0, 0.1) is 13.8 Å². The quantitative estimate of drug-likeness (QED) is 0.302. The van der Waals surface area contributed by atoms with Gasteiger partial charge in [0.1, 0.15) is 12.6 Å². The van der Waals surface area contributed by atoms with Crippen LogP contribution >= 0.6 is 0 Å². The van der Waals surface area contributed by atoms with E-state index in [1.165, 1.54) is 9.21 Å². The zero-order valence-corrected chi connectivity index (χ0v) is 25.0. The lowest BCUT2D eigenvalue weighted by Gasteiger charge is -2.33. The lowest BCUT2D eigenvalue weighted by atomic mass is 10.1. The molecule has 0 fully saturated rings. The predicted octanol–water partition coefficient (Wildman–Crippen LogP) is 5.39. The number of amides is 2. The standard InChI is InChI=1S/C32H41N3O4S/c1-6-20-33-32(37)29(8-3)34(22-26-13-11-12-25(5)21-26)31(36)23-35(30-15-10-9-14-27(30)7-2)40(38,39)28-18-16-24(4)17-19-28/h9-19,21,29H,6-8,20,22-23H2,1-5H3,(H,33,37)/t29-/m0/s1. The summed E-state index contributed by atoms with van der Waals surface area (Å²) in [5, 5.41) is 2.92. The van der Waals surface area contributed by atoms with Crippen molar-refractivity contribution in [3.63, 3.8) is 0 Å². The number of para-hydroxylation sites is 1. The summed E-state index contributed by atoms with van der Waals surface area (Å²) in [6.07, 6.45) is 1.75. The lowest BCUT2D eigenvalue weighted by Crippen LogP contribution is -2.52. The van der Waals surface area contributed by atoms with E-state index in [1.54, 1.807) is 36.4 Å². The summed E-state index contributed by atoms with van der Waals surface area (Å²) in [4.78, 5) is 29.0. The monoisotopic (exact) mass is 563 g/mol. The second-order valence-corrected chi connectivity index (χ2v) is 11.9. The van der Waals surface area contributed by atoms with Gasteiger partial charge in [0.05, 0.1) is 10.6 Å². The Bertz CT molecular complexity index is 1400. The molecule has 3 aromatic rings. The van der Waals surface area contributed by atoms with Gasteiger partial charge in [-0.15, -0.1) is 0 Å². The number of nitrogens with one attached hydrogen (secondary N) is 1. The van der Waals surface area contributed by atoms with Crippen molar-refractivity contribution in [2.75, 3.05) is 17.4 Å². The maximum Gasteiger partial charge on any atom is 0.264 e. The van der Waals surface area contributed by atoms with E-state index in [1.807, 2.05) is 71.0 Å². The van der Waals surface area contributed by atoms with Gasteiger partial charge in [-0.2, -0.15) is 0 Å².